The first-order chi connectivity index (χ1) is 18.4. The van der Waals surface area contributed by atoms with Crippen LogP contribution in [0, 0.1) is 17.7 Å². The van der Waals surface area contributed by atoms with E-state index >= 15 is 0 Å². The Morgan fingerprint density at radius 3 is 2.63 bits per heavy atom. The van der Waals surface area contributed by atoms with Crippen molar-refractivity contribution >= 4 is 22.6 Å². The first kappa shape index (κ1) is 26.6. The molecule has 3 unspecified atom stereocenters. The number of hydrogen-bond acceptors (Lipinski definition) is 4. The Morgan fingerprint density at radius 2 is 1.92 bits per heavy atom. The van der Waals surface area contributed by atoms with Crippen LogP contribution in [-0.4, -0.2) is 56.6 Å². The van der Waals surface area contributed by atoms with Crippen LogP contribution in [0.3, 0.4) is 0 Å². The molecule has 2 fully saturated rings. The van der Waals surface area contributed by atoms with Gasteiger partial charge in [0.2, 0.25) is 5.91 Å². The van der Waals surface area contributed by atoms with Crippen molar-refractivity contribution in [1.29, 1.82) is 0 Å². The molecule has 0 spiro atoms. The molecule has 1 aliphatic carbocycles. The van der Waals surface area contributed by atoms with Gasteiger partial charge in [0.1, 0.15) is 11.6 Å². The number of rotatable bonds is 9. The summed E-state index contributed by atoms with van der Waals surface area (Å²) in [6.07, 6.45) is 11.5. The van der Waals surface area contributed by atoms with Crippen LogP contribution in [0.5, 0.6) is 0 Å². The van der Waals surface area contributed by atoms with Crippen LogP contribution in [0.15, 0.2) is 36.7 Å². The van der Waals surface area contributed by atoms with Crippen LogP contribution in [0.2, 0.25) is 0 Å². The number of hydrogen-bond donors (Lipinski definition) is 1. The van der Waals surface area contributed by atoms with Gasteiger partial charge >= 0.3 is 0 Å². The molecule has 2 aromatic heterocycles. The molecule has 1 amide bonds. The van der Waals surface area contributed by atoms with E-state index in [0.29, 0.717) is 13.0 Å². The van der Waals surface area contributed by atoms with Crippen molar-refractivity contribution in [2.24, 2.45) is 18.9 Å². The average Bonchev–Trinajstić information content (AvgIpc) is 3.65. The third kappa shape index (κ3) is 5.28. The summed E-state index contributed by atoms with van der Waals surface area (Å²) in [5.41, 5.74) is 2.80. The molecule has 204 valence electrons. The van der Waals surface area contributed by atoms with E-state index in [-0.39, 0.29) is 41.4 Å². The quantitative estimate of drug-likeness (QED) is 0.433. The third-order valence-electron chi connectivity index (χ3n) is 8.88. The van der Waals surface area contributed by atoms with Crippen molar-refractivity contribution in [3.05, 3.63) is 42.5 Å². The molecule has 0 bridgehead atoms. The predicted octanol–water partition coefficient (Wildman–Crippen LogP) is 4.94. The second-order valence-electron chi connectivity index (χ2n) is 11.2. The van der Waals surface area contributed by atoms with Gasteiger partial charge in [-0.05, 0) is 69.8 Å². The van der Waals surface area contributed by atoms with Crippen molar-refractivity contribution in [3.63, 3.8) is 0 Å². The number of amides is 1. The second-order valence-corrected chi connectivity index (χ2v) is 11.2. The molecule has 3 aromatic rings. The van der Waals surface area contributed by atoms with Crippen LogP contribution >= 0.6 is 0 Å². The molecular weight excluding hydrogens is 481 g/mol. The number of likely N-dealkylation sites (N-methyl/N-ethyl adjacent to an activating group) is 1. The van der Waals surface area contributed by atoms with Gasteiger partial charge in [0.15, 0.2) is 0 Å². The van der Waals surface area contributed by atoms with E-state index in [4.69, 9.17) is 0 Å². The molecule has 3 heterocycles. The fourth-order valence-electron chi connectivity index (χ4n) is 6.56. The van der Waals surface area contributed by atoms with Crippen LogP contribution in [0.4, 0.5) is 4.39 Å². The van der Waals surface area contributed by atoms with Gasteiger partial charge in [-0.25, -0.2) is 4.39 Å². The minimum atomic E-state index is -0.271. The molecule has 1 saturated carbocycles. The van der Waals surface area contributed by atoms with Gasteiger partial charge in [-0.2, -0.15) is 5.10 Å². The first-order valence-electron chi connectivity index (χ1n) is 14.1. The van der Waals surface area contributed by atoms with Gasteiger partial charge in [0.05, 0.1) is 11.7 Å². The number of benzene rings is 1. The number of likely N-dealkylation sites (tertiary alicyclic amines) is 1. The summed E-state index contributed by atoms with van der Waals surface area (Å²) in [6, 6.07) is 6.64. The van der Waals surface area contributed by atoms with Crippen LogP contribution in [-0.2, 0) is 23.2 Å². The van der Waals surface area contributed by atoms with E-state index < -0.39 is 0 Å². The van der Waals surface area contributed by atoms with E-state index in [2.05, 4.69) is 26.1 Å². The monoisotopic (exact) mass is 521 g/mol. The lowest BCUT2D eigenvalue weighted by Crippen LogP contribution is -2.45. The first-order valence-corrected chi connectivity index (χ1v) is 14.1. The molecule has 1 aromatic carbocycles. The molecule has 0 radical (unpaired) electrons. The van der Waals surface area contributed by atoms with E-state index in [9.17, 15) is 14.0 Å². The van der Waals surface area contributed by atoms with Crippen LogP contribution in [0.1, 0.15) is 58.3 Å². The molecule has 2 aliphatic rings. The Bertz CT molecular complexity index is 1290. The minimum Gasteiger partial charge on any atom is -0.345 e. The number of nitrogens with one attached hydrogen (secondary N) is 1. The molecule has 1 N–H and O–H groups in total. The normalized spacial score (nSPS) is 20.2. The summed E-state index contributed by atoms with van der Waals surface area (Å²) in [6.45, 7) is 3.25. The molecule has 7 nitrogen and oxygen atoms in total. The van der Waals surface area contributed by atoms with Gasteiger partial charge < -0.3 is 14.8 Å². The predicted molar refractivity (Wildman–Crippen MR) is 147 cm³/mol. The van der Waals surface area contributed by atoms with Crippen molar-refractivity contribution in [2.45, 2.75) is 76.9 Å². The van der Waals surface area contributed by atoms with Crippen molar-refractivity contribution < 1.29 is 14.0 Å². The van der Waals surface area contributed by atoms with E-state index in [0.717, 1.165) is 67.2 Å². The summed E-state index contributed by atoms with van der Waals surface area (Å²) in [5, 5.41) is 8.20. The highest BCUT2D eigenvalue weighted by molar-refractivity contribution is 5.95. The smallest absolute Gasteiger partial charge is 0.226 e. The lowest BCUT2D eigenvalue weighted by atomic mass is 9.76. The number of aryl methyl sites for hydroxylation is 1. The minimum absolute atomic E-state index is 0.0467. The fourth-order valence-corrected chi connectivity index (χ4v) is 6.56. The Hall–Kier alpha value is -3.00. The largest absolute Gasteiger partial charge is 0.345 e. The van der Waals surface area contributed by atoms with Gasteiger partial charge in [-0.15, -0.1) is 0 Å². The highest BCUT2D eigenvalue weighted by atomic mass is 19.1. The van der Waals surface area contributed by atoms with Crippen LogP contribution in [0.25, 0.3) is 22.2 Å². The maximum atomic E-state index is 14.3. The van der Waals surface area contributed by atoms with Crippen molar-refractivity contribution in [2.75, 3.05) is 13.6 Å². The Morgan fingerprint density at radius 1 is 1.13 bits per heavy atom. The molecular formula is C30H40FN5O2. The summed E-state index contributed by atoms with van der Waals surface area (Å²) in [7, 11) is 3.68. The van der Waals surface area contributed by atoms with Gasteiger partial charge in [0, 0.05) is 67.4 Å². The number of Topliss-reactive ketones (excluding diaryl/α,β-unsaturated/α-hetero) is 1. The summed E-state index contributed by atoms with van der Waals surface area (Å²) in [5.74, 6) is 0.0148. The molecule has 38 heavy (non-hydrogen) atoms. The summed E-state index contributed by atoms with van der Waals surface area (Å²) in [4.78, 5) is 29.1. The van der Waals surface area contributed by atoms with E-state index in [1.807, 2.05) is 26.1 Å². The maximum absolute atomic E-state index is 14.3. The van der Waals surface area contributed by atoms with Crippen molar-refractivity contribution in [3.8, 4) is 11.3 Å². The third-order valence-corrected chi connectivity index (χ3v) is 8.88. The highest BCUT2D eigenvalue weighted by Gasteiger charge is 2.39. The van der Waals surface area contributed by atoms with E-state index in [1.165, 1.54) is 12.5 Å². The zero-order valence-electron chi connectivity index (χ0n) is 22.8. The van der Waals surface area contributed by atoms with Gasteiger partial charge in [-0.1, -0.05) is 19.3 Å². The molecule has 1 aliphatic heterocycles. The number of fused-ring (bicyclic) bond motifs is 1. The Kier molecular flexibility index (Phi) is 7.98. The number of halogens is 1. The number of carbonyl (C=O) groups is 2. The maximum Gasteiger partial charge on any atom is 0.226 e. The van der Waals surface area contributed by atoms with Crippen LogP contribution < -0.4 is 5.32 Å². The summed E-state index contributed by atoms with van der Waals surface area (Å²) >= 11 is 0. The second kappa shape index (κ2) is 11.4. The molecule has 3 atom stereocenters. The standard InChI is InChI=1S/C30H40FN5O2/c1-20(32-2)29(37)17-24(21-8-5-4-6-9-21)30(38)36-15-7-10-23(36)18-35-19-26(27-13-14-33-34(27)3)25-16-22(31)11-12-28(25)35/h11-14,16,19-21,23-24,32H,4-10,15,17-18H2,1-3H3. The number of nitrogens with zero attached hydrogens (tertiary/aromatic N) is 4. The van der Waals surface area contributed by atoms with Gasteiger partial charge in [-0.3, -0.25) is 14.3 Å². The fraction of sp³-hybridized carbons (Fsp3) is 0.567. The SMILES string of the molecule is CNC(C)C(=O)CC(C(=O)N1CCCC1Cn1cc(-c2ccnn2C)c2cc(F)ccc21)C1CCCCC1. The van der Waals surface area contributed by atoms with Gasteiger partial charge in [0.25, 0.3) is 0 Å². The zero-order valence-corrected chi connectivity index (χ0v) is 22.8. The molecule has 1 saturated heterocycles. The zero-order chi connectivity index (χ0) is 26.8. The topological polar surface area (TPSA) is 72.2 Å². The van der Waals surface area contributed by atoms with Crippen molar-refractivity contribution in [1.82, 2.24) is 24.6 Å². The lowest BCUT2D eigenvalue weighted by molar-refractivity contribution is -0.141. The molecule has 8 heteroatoms. The number of carbonyl (C=O) groups excluding carboxylic acids is 2. The Labute approximate surface area is 224 Å². The molecule has 5 rings (SSSR count). The number of ketones is 1. The number of aromatic nitrogens is 3. The summed E-state index contributed by atoms with van der Waals surface area (Å²) < 4.78 is 18.2. The highest BCUT2D eigenvalue weighted by Crippen LogP contribution is 2.36. The lowest BCUT2D eigenvalue weighted by Gasteiger charge is -2.35. The average molecular weight is 522 g/mol. The Balaban J connectivity index is 1.42. The van der Waals surface area contributed by atoms with E-state index in [1.54, 1.807) is 24.0 Å².